The third-order valence-electron chi connectivity index (χ3n) is 3.37. The zero-order valence-corrected chi connectivity index (χ0v) is 15.5. The molecule has 26 heavy (non-hydrogen) atoms. The van der Waals surface area contributed by atoms with E-state index >= 15 is 0 Å². The lowest BCUT2D eigenvalue weighted by molar-refractivity contribution is -0.116. The molecule has 0 radical (unpaired) electrons. The van der Waals surface area contributed by atoms with Crippen molar-refractivity contribution in [2.75, 3.05) is 16.4 Å². The van der Waals surface area contributed by atoms with Crippen LogP contribution in [0.1, 0.15) is 13.3 Å². The van der Waals surface area contributed by atoms with Crippen LogP contribution in [-0.4, -0.2) is 22.6 Å². The number of nitrogens with zero attached hydrogens (tertiary/aromatic N) is 1. The minimum atomic E-state index is -0.271. The first kappa shape index (κ1) is 18.3. The summed E-state index contributed by atoms with van der Waals surface area (Å²) in [6, 6.07) is 11.6. The van der Waals surface area contributed by atoms with Crippen molar-refractivity contribution in [3.8, 4) is 0 Å². The first-order chi connectivity index (χ1) is 12.5. The van der Waals surface area contributed by atoms with Gasteiger partial charge in [-0.25, -0.2) is 9.37 Å². The largest absolute Gasteiger partial charge is 0.326 e. The van der Waals surface area contributed by atoms with Crippen molar-refractivity contribution in [1.82, 2.24) is 4.98 Å². The van der Waals surface area contributed by atoms with Gasteiger partial charge in [0.25, 0.3) is 0 Å². The van der Waals surface area contributed by atoms with E-state index in [1.54, 1.807) is 24.3 Å². The number of nitrogens with one attached hydrogen (secondary N) is 2. The molecule has 0 fully saturated rings. The van der Waals surface area contributed by atoms with E-state index in [0.29, 0.717) is 23.0 Å². The molecule has 0 unspecified atom stereocenters. The lowest BCUT2D eigenvalue weighted by Gasteiger charge is -2.05. The van der Waals surface area contributed by atoms with Crippen LogP contribution in [0.25, 0.3) is 10.2 Å². The van der Waals surface area contributed by atoms with E-state index in [1.807, 2.05) is 6.07 Å². The molecule has 3 aromatic rings. The minimum absolute atomic E-state index is 0.0921. The first-order valence-electron chi connectivity index (χ1n) is 7.86. The van der Waals surface area contributed by atoms with E-state index in [0.717, 1.165) is 15.1 Å². The fourth-order valence-electron chi connectivity index (χ4n) is 2.22. The van der Waals surface area contributed by atoms with Crippen molar-refractivity contribution >= 4 is 55.9 Å². The first-order valence-corrected chi connectivity index (χ1v) is 9.66. The van der Waals surface area contributed by atoms with Gasteiger partial charge in [-0.1, -0.05) is 11.3 Å². The summed E-state index contributed by atoms with van der Waals surface area (Å²) in [6.45, 7) is 1.43. The second-order valence-corrected chi connectivity index (χ2v) is 7.68. The highest BCUT2D eigenvalue weighted by Crippen LogP contribution is 2.28. The van der Waals surface area contributed by atoms with Gasteiger partial charge in [0.05, 0.1) is 10.2 Å². The molecule has 3 rings (SSSR count). The molecule has 5 nitrogen and oxygen atoms in total. The second-order valence-electron chi connectivity index (χ2n) is 5.48. The van der Waals surface area contributed by atoms with Gasteiger partial charge in [-0.05, 0) is 42.5 Å². The highest BCUT2D eigenvalue weighted by Gasteiger charge is 2.08. The third-order valence-corrected chi connectivity index (χ3v) is 5.31. The van der Waals surface area contributed by atoms with Crippen LogP contribution < -0.4 is 10.6 Å². The average Bonchev–Trinajstić information content (AvgIpc) is 2.97. The Hall–Kier alpha value is -2.45. The van der Waals surface area contributed by atoms with E-state index < -0.39 is 0 Å². The quantitative estimate of drug-likeness (QED) is 0.608. The maximum absolute atomic E-state index is 12.9. The van der Waals surface area contributed by atoms with Crippen molar-refractivity contribution in [1.29, 1.82) is 0 Å². The zero-order valence-electron chi connectivity index (χ0n) is 13.9. The number of aromatic nitrogens is 1. The van der Waals surface area contributed by atoms with E-state index in [-0.39, 0.29) is 17.6 Å². The van der Waals surface area contributed by atoms with Crippen molar-refractivity contribution in [3.05, 3.63) is 48.3 Å². The molecule has 1 heterocycles. The molecule has 0 atom stereocenters. The van der Waals surface area contributed by atoms with E-state index in [1.165, 1.54) is 42.2 Å². The molecule has 0 saturated carbocycles. The van der Waals surface area contributed by atoms with E-state index in [9.17, 15) is 14.0 Å². The van der Waals surface area contributed by atoms with Crippen LogP contribution in [-0.2, 0) is 9.59 Å². The Morgan fingerprint density at radius 2 is 1.92 bits per heavy atom. The van der Waals surface area contributed by atoms with Crippen LogP contribution in [0.3, 0.4) is 0 Å². The molecule has 0 bridgehead atoms. The molecule has 0 spiro atoms. The smallest absolute Gasteiger partial charge is 0.225 e. The van der Waals surface area contributed by atoms with Crippen LogP contribution >= 0.6 is 23.1 Å². The van der Waals surface area contributed by atoms with Gasteiger partial charge in [-0.2, -0.15) is 0 Å². The van der Waals surface area contributed by atoms with Crippen LogP contribution in [0.15, 0.2) is 47.4 Å². The molecule has 2 amide bonds. The number of thioether (sulfide) groups is 1. The Morgan fingerprint density at radius 1 is 1.15 bits per heavy atom. The summed E-state index contributed by atoms with van der Waals surface area (Å²) >= 11 is 2.86. The number of carbonyl (C=O) groups excluding carboxylic acids is 2. The average molecular weight is 389 g/mol. The Labute approximate surface area is 158 Å². The number of halogens is 1. The number of fused-ring (bicyclic) bond motifs is 1. The lowest BCUT2D eigenvalue weighted by Crippen LogP contribution is -2.11. The summed E-state index contributed by atoms with van der Waals surface area (Å²) in [4.78, 5) is 28.4. The molecule has 134 valence electrons. The molecule has 0 saturated heterocycles. The van der Waals surface area contributed by atoms with Crippen LogP contribution in [0, 0.1) is 5.82 Å². The molecule has 0 aliphatic rings. The highest BCUT2D eigenvalue weighted by atomic mass is 32.2. The Balaban J connectivity index is 1.54. The molecule has 1 aromatic heterocycles. The molecule has 2 aromatic carbocycles. The third kappa shape index (κ3) is 5.03. The number of anilines is 2. The second kappa shape index (κ2) is 8.29. The Morgan fingerprint density at radius 3 is 2.65 bits per heavy atom. The SMILES string of the molecule is CC(=O)Nc1nc2ccc(NC(=O)CCSc3ccc(F)cc3)cc2s1. The van der Waals surface area contributed by atoms with E-state index in [4.69, 9.17) is 0 Å². The predicted molar refractivity (Wildman–Crippen MR) is 104 cm³/mol. The normalized spacial score (nSPS) is 10.7. The van der Waals surface area contributed by atoms with Crippen LogP contribution in [0.2, 0.25) is 0 Å². The van der Waals surface area contributed by atoms with Crippen molar-refractivity contribution in [3.63, 3.8) is 0 Å². The molecule has 0 aliphatic carbocycles. The molecule has 2 N–H and O–H groups in total. The van der Waals surface area contributed by atoms with Gasteiger partial charge >= 0.3 is 0 Å². The van der Waals surface area contributed by atoms with Crippen molar-refractivity contribution in [2.45, 2.75) is 18.2 Å². The monoisotopic (exact) mass is 389 g/mol. The maximum Gasteiger partial charge on any atom is 0.225 e. The number of hydrogen-bond acceptors (Lipinski definition) is 5. The minimum Gasteiger partial charge on any atom is -0.326 e. The molecule has 0 aliphatic heterocycles. The van der Waals surface area contributed by atoms with Crippen LogP contribution in [0.4, 0.5) is 15.2 Å². The number of amides is 2. The van der Waals surface area contributed by atoms with E-state index in [2.05, 4.69) is 15.6 Å². The van der Waals surface area contributed by atoms with Gasteiger partial charge in [0.1, 0.15) is 5.82 Å². The Bertz CT molecular complexity index is 941. The molecule has 8 heteroatoms. The lowest BCUT2D eigenvalue weighted by atomic mass is 10.3. The standard InChI is InChI=1S/C18H16FN3O2S2/c1-11(23)20-18-22-15-7-4-13(10-16(15)26-18)21-17(24)8-9-25-14-5-2-12(19)3-6-14/h2-7,10H,8-9H2,1H3,(H,21,24)(H,20,22,23). The summed E-state index contributed by atoms with van der Waals surface area (Å²) in [5.41, 5.74) is 1.45. The number of rotatable bonds is 6. The predicted octanol–water partition coefficient (Wildman–Crippen LogP) is 4.51. The summed E-state index contributed by atoms with van der Waals surface area (Å²) in [5.74, 6) is 0.0708. The topological polar surface area (TPSA) is 71.1 Å². The van der Waals surface area contributed by atoms with Crippen LogP contribution in [0.5, 0.6) is 0 Å². The number of thiazole rings is 1. The molecular weight excluding hydrogens is 373 g/mol. The number of benzene rings is 2. The summed E-state index contributed by atoms with van der Waals surface area (Å²) < 4.78 is 13.7. The number of carbonyl (C=O) groups is 2. The summed E-state index contributed by atoms with van der Waals surface area (Å²) in [5, 5.41) is 6.05. The summed E-state index contributed by atoms with van der Waals surface area (Å²) in [7, 11) is 0. The van der Waals surface area contributed by atoms with Gasteiger partial charge in [0.2, 0.25) is 11.8 Å². The van der Waals surface area contributed by atoms with Gasteiger partial charge in [-0.15, -0.1) is 11.8 Å². The Kier molecular flexibility index (Phi) is 5.85. The van der Waals surface area contributed by atoms with Gasteiger partial charge in [0, 0.05) is 29.7 Å². The highest BCUT2D eigenvalue weighted by molar-refractivity contribution is 7.99. The molecular formula is C18H16FN3O2S2. The number of hydrogen-bond donors (Lipinski definition) is 2. The van der Waals surface area contributed by atoms with Crippen molar-refractivity contribution in [2.24, 2.45) is 0 Å². The van der Waals surface area contributed by atoms with Gasteiger partial charge < -0.3 is 10.6 Å². The zero-order chi connectivity index (χ0) is 18.5. The summed E-state index contributed by atoms with van der Waals surface area (Å²) in [6.07, 6.45) is 0.347. The fraction of sp³-hybridized carbons (Fsp3) is 0.167. The fourth-order valence-corrected chi connectivity index (χ4v) is 4.03. The maximum atomic E-state index is 12.9. The van der Waals surface area contributed by atoms with Gasteiger partial charge in [-0.3, -0.25) is 9.59 Å². The van der Waals surface area contributed by atoms with Gasteiger partial charge in [0.15, 0.2) is 5.13 Å². The van der Waals surface area contributed by atoms with Crippen molar-refractivity contribution < 1.29 is 14.0 Å².